The largest absolute Gasteiger partial charge is 0.481 e. The predicted molar refractivity (Wildman–Crippen MR) is 65.4 cm³/mol. The van der Waals surface area contributed by atoms with Crippen LogP contribution < -0.4 is 5.32 Å². The fraction of sp³-hybridized carbons (Fsp3) is 0.636. The molecule has 1 fully saturated rings. The van der Waals surface area contributed by atoms with Gasteiger partial charge < -0.3 is 10.4 Å². The molecule has 0 aromatic carbocycles. The molecule has 0 spiro atoms. The average Bonchev–Trinajstić information content (AvgIpc) is 2.82. The number of carbonyl (C=O) groups is 2. The molecule has 7 heteroatoms. The molecule has 1 aromatic rings. The monoisotopic (exact) mass is 269 g/mol. The molecule has 0 aliphatic heterocycles. The molecular formula is C11H15N3O3S. The van der Waals surface area contributed by atoms with Crippen LogP contribution in [0, 0.1) is 0 Å². The molecule has 18 heavy (non-hydrogen) atoms. The summed E-state index contributed by atoms with van der Waals surface area (Å²) in [6.07, 6.45) is 4.38. The molecule has 0 bridgehead atoms. The summed E-state index contributed by atoms with van der Waals surface area (Å²) in [5, 5.41) is 17.1. The highest BCUT2D eigenvalue weighted by molar-refractivity contribution is 7.03. The van der Waals surface area contributed by atoms with Crippen molar-refractivity contribution in [3.63, 3.8) is 0 Å². The summed E-state index contributed by atoms with van der Waals surface area (Å²) in [7, 11) is 0. The van der Waals surface area contributed by atoms with E-state index in [9.17, 15) is 9.59 Å². The minimum atomic E-state index is -0.881. The molecule has 2 N–H and O–H groups in total. The minimum absolute atomic E-state index is 0.0314. The Balaban J connectivity index is 2.09. The summed E-state index contributed by atoms with van der Waals surface area (Å²) >= 11 is 1.10. The van der Waals surface area contributed by atoms with E-state index in [0.717, 1.165) is 30.8 Å². The van der Waals surface area contributed by atoms with Crippen LogP contribution in [0.15, 0.2) is 5.38 Å². The van der Waals surface area contributed by atoms with Crippen LogP contribution in [-0.2, 0) is 4.79 Å². The molecule has 1 aliphatic rings. The second-order valence-electron chi connectivity index (χ2n) is 4.66. The Morgan fingerprint density at radius 2 is 2.11 bits per heavy atom. The van der Waals surface area contributed by atoms with Crippen LogP contribution in [0.1, 0.15) is 49.0 Å². The van der Waals surface area contributed by atoms with Gasteiger partial charge in [-0.15, -0.1) is 5.10 Å². The topological polar surface area (TPSA) is 92.2 Å². The van der Waals surface area contributed by atoms with E-state index in [0.29, 0.717) is 12.8 Å². The van der Waals surface area contributed by atoms with Gasteiger partial charge >= 0.3 is 5.97 Å². The highest BCUT2D eigenvalue weighted by atomic mass is 32.1. The zero-order valence-corrected chi connectivity index (χ0v) is 10.7. The van der Waals surface area contributed by atoms with E-state index < -0.39 is 11.5 Å². The lowest BCUT2D eigenvalue weighted by atomic mass is 9.79. The molecule has 1 heterocycles. The fourth-order valence-electron chi connectivity index (χ4n) is 2.43. The van der Waals surface area contributed by atoms with Crippen molar-refractivity contribution in [1.82, 2.24) is 14.9 Å². The smallest absolute Gasteiger partial charge is 0.305 e. The quantitative estimate of drug-likeness (QED) is 0.863. The highest BCUT2D eigenvalue weighted by Crippen LogP contribution is 2.31. The molecule has 1 amide bonds. The van der Waals surface area contributed by atoms with E-state index in [1.165, 1.54) is 0 Å². The van der Waals surface area contributed by atoms with Gasteiger partial charge in [0.1, 0.15) is 0 Å². The van der Waals surface area contributed by atoms with Crippen LogP contribution in [0.3, 0.4) is 0 Å². The maximum Gasteiger partial charge on any atom is 0.305 e. The second-order valence-corrected chi connectivity index (χ2v) is 5.27. The van der Waals surface area contributed by atoms with Crippen molar-refractivity contribution >= 4 is 23.4 Å². The van der Waals surface area contributed by atoms with Gasteiger partial charge in [-0.1, -0.05) is 23.8 Å². The molecule has 0 saturated heterocycles. The third-order valence-electron chi connectivity index (χ3n) is 3.27. The summed E-state index contributed by atoms with van der Waals surface area (Å²) in [4.78, 5) is 22.9. The number of hydrogen-bond donors (Lipinski definition) is 2. The number of hydrogen-bond acceptors (Lipinski definition) is 5. The van der Waals surface area contributed by atoms with Crippen LogP contribution in [0.2, 0.25) is 0 Å². The van der Waals surface area contributed by atoms with E-state index in [2.05, 4.69) is 14.9 Å². The number of nitrogens with zero attached hydrogens (tertiary/aromatic N) is 2. The zero-order valence-electron chi connectivity index (χ0n) is 9.89. The first-order chi connectivity index (χ1) is 8.61. The van der Waals surface area contributed by atoms with Gasteiger partial charge in [0.2, 0.25) is 0 Å². The third-order valence-corrected chi connectivity index (χ3v) is 3.78. The highest BCUT2D eigenvalue weighted by Gasteiger charge is 2.36. The maximum absolute atomic E-state index is 12.0. The summed E-state index contributed by atoms with van der Waals surface area (Å²) < 4.78 is 3.63. The molecule has 0 radical (unpaired) electrons. The van der Waals surface area contributed by atoms with Gasteiger partial charge in [-0.2, -0.15) is 0 Å². The van der Waals surface area contributed by atoms with Crippen LogP contribution in [0.4, 0.5) is 0 Å². The van der Waals surface area contributed by atoms with Crippen LogP contribution >= 0.6 is 11.5 Å². The number of amides is 1. The SMILES string of the molecule is O=C(O)CC1(NC(=O)c2csnn2)CCCCC1. The lowest BCUT2D eigenvalue weighted by Crippen LogP contribution is -2.51. The lowest BCUT2D eigenvalue weighted by molar-refractivity contribution is -0.139. The van der Waals surface area contributed by atoms with Crippen molar-refractivity contribution in [3.05, 3.63) is 11.1 Å². The van der Waals surface area contributed by atoms with Gasteiger partial charge in [-0.3, -0.25) is 9.59 Å². The maximum atomic E-state index is 12.0. The van der Waals surface area contributed by atoms with Gasteiger partial charge in [0.05, 0.1) is 12.0 Å². The average molecular weight is 269 g/mol. The summed E-state index contributed by atoms with van der Waals surface area (Å²) in [6, 6.07) is 0. The van der Waals surface area contributed by atoms with E-state index in [4.69, 9.17) is 5.11 Å². The fourth-order valence-corrected chi connectivity index (χ4v) is 2.87. The van der Waals surface area contributed by atoms with Gasteiger partial charge in [0.15, 0.2) is 5.69 Å². The number of rotatable bonds is 4. The Kier molecular flexibility index (Phi) is 3.90. The summed E-state index contributed by atoms with van der Waals surface area (Å²) in [6.45, 7) is 0. The third kappa shape index (κ3) is 3.04. The molecule has 6 nitrogen and oxygen atoms in total. The molecule has 0 unspecified atom stereocenters. The Morgan fingerprint density at radius 3 is 2.67 bits per heavy atom. The lowest BCUT2D eigenvalue weighted by Gasteiger charge is -2.36. The first-order valence-electron chi connectivity index (χ1n) is 5.93. The van der Waals surface area contributed by atoms with Crippen LogP contribution in [-0.4, -0.2) is 32.1 Å². The summed E-state index contributed by atoms with van der Waals surface area (Å²) in [5.74, 6) is -1.21. The number of aliphatic carboxylic acids is 1. The Morgan fingerprint density at radius 1 is 1.39 bits per heavy atom. The molecular weight excluding hydrogens is 254 g/mol. The van der Waals surface area contributed by atoms with Gasteiger partial charge in [-0.25, -0.2) is 0 Å². The minimum Gasteiger partial charge on any atom is -0.481 e. The van der Waals surface area contributed by atoms with E-state index >= 15 is 0 Å². The van der Waals surface area contributed by atoms with Crippen molar-refractivity contribution in [2.45, 2.75) is 44.1 Å². The Bertz CT molecular complexity index is 427. The van der Waals surface area contributed by atoms with Gasteiger partial charge in [-0.05, 0) is 24.4 Å². The Labute approximate surface area is 109 Å². The van der Waals surface area contributed by atoms with Crippen molar-refractivity contribution < 1.29 is 14.7 Å². The molecule has 1 saturated carbocycles. The van der Waals surface area contributed by atoms with Crippen molar-refractivity contribution in [3.8, 4) is 0 Å². The summed E-state index contributed by atoms with van der Waals surface area (Å²) in [5.41, 5.74) is -0.361. The first-order valence-corrected chi connectivity index (χ1v) is 6.76. The predicted octanol–water partition coefficient (Wildman–Crippen LogP) is 1.45. The normalized spacial score (nSPS) is 18.2. The number of nitrogens with one attached hydrogen (secondary N) is 1. The number of carboxylic acids is 1. The zero-order chi connectivity index (χ0) is 13.0. The van der Waals surface area contributed by atoms with Crippen LogP contribution in [0.25, 0.3) is 0 Å². The van der Waals surface area contributed by atoms with Crippen molar-refractivity contribution in [2.75, 3.05) is 0 Å². The molecule has 1 aromatic heterocycles. The van der Waals surface area contributed by atoms with Crippen molar-refractivity contribution in [2.24, 2.45) is 0 Å². The standard InChI is InChI=1S/C11H15N3O3S/c15-9(16)6-11(4-2-1-3-5-11)12-10(17)8-7-18-14-13-8/h7H,1-6H2,(H,12,17)(H,15,16). The molecule has 2 rings (SSSR count). The van der Waals surface area contributed by atoms with E-state index in [1.54, 1.807) is 5.38 Å². The van der Waals surface area contributed by atoms with E-state index in [1.807, 2.05) is 0 Å². The number of aromatic nitrogens is 2. The Hall–Kier alpha value is -1.50. The number of carboxylic acid groups (broad SMARTS) is 1. The first kappa shape index (κ1) is 12.9. The van der Waals surface area contributed by atoms with Crippen molar-refractivity contribution in [1.29, 1.82) is 0 Å². The number of carbonyl (C=O) groups excluding carboxylic acids is 1. The molecule has 98 valence electrons. The molecule has 0 atom stereocenters. The van der Waals surface area contributed by atoms with E-state index in [-0.39, 0.29) is 18.0 Å². The van der Waals surface area contributed by atoms with Gasteiger partial charge in [0.25, 0.3) is 5.91 Å². The van der Waals surface area contributed by atoms with Crippen LogP contribution in [0.5, 0.6) is 0 Å². The van der Waals surface area contributed by atoms with Gasteiger partial charge in [0, 0.05) is 5.38 Å². The second kappa shape index (κ2) is 5.43. The molecule has 1 aliphatic carbocycles.